The van der Waals surface area contributed by atoms with Gasteiger partial charge in [0.25, 0.3) is 0 Å². The van der Waals surface area contributed by atoms with E-state index in [0.29, 0.717) is 28.5 Å². The van der Waals surface area contributed by atoms with Gasteiger partial charge in [0.2, 0.25) is 5.95 Å². The standard InChI is InChI=1S/C26H26F2N8/c1-34-6-7-35-13-15-2-4-22(29-11-15)31-26-30-12-20(28)24(33-26)16-8-19(27)25-21(9-16)36-17(10-18(35)14-34)3-5-23(36)32-25/h2,4,8-9,11-12,17-18H,3,5-7,10,13-14H2,1H3,(H,29,30,31,33). The summed E-state index contributed by atoms with van der Waals surface area (Å²) in [7, 11) is 2.17. The van der Waals surface area contributed by atoms with Gasteiger partial charge in [-0.1, -0.05) is 6.07 Å². The van der Waals surface area contributed by atoms with Crippen LogP contribution in [-0.2, 0) is 13.0 Å². The van der Waals surface area contributed by atoms with Crippen LogP contribution in [0, 0.1) is 11.6 Å². The molecule has 2 unspecified atom stereocenters. The van der Waals surface area contributed by atoms with Gasteiger partial charge in [0, 0.05) is 56.4 Å². The fraction of sp³-hybridized carbons (Fsp3) is 0.385. The van der Waals surface area contributed by atoms with Gasteiger partial charge in [-0.15, -0.1) is 0 Å². The van der Waals surface area contributed by atoms with Crippen molar-refractivity contribution in [2.45, 2.75) is 37.9 Å². The van der Waals surface area contributed by atoms with Crippen LogP contribution >= 0.6 is 0 Å². The molecule has 1 saturated heterocycles. The molecule has 4 aliphatic rings. The topological polar surface area (TPSA) is 75.0 Å². The van der Waals surface area contributed by atoms with Crippen LogP contribution in [0.5, 0.6) is 0 Å². The number of nitrogens with zero attached hydrogens (tertiary/aromatic N) is 7. The summed E-state index contributed by atoms with van der Waals surface area (Å²) in [5, 5.41) is 3.05. The molecule has 6 bridgehead atoms. The Morgan fingerprint density at radius 2 is 1.92 bits per heavy atom. The van der Waals surface area contributed by atoms with Gasteiger partial charge in [-0.25, -0.2) is 28.7 Å². The molecule has 10 heteroatoms. The summed E-state index contributed by atoms with van der Waals surface area (Å²) < 4.78 is 32.4. The van der Waals surface area contributed by atoms with E-state index in [-0.39, 0.29) is 17.7 Å². The average molecular weight is 489 g/mol. The summed E-state index contributed by atoms with van der Waals surface area (Å²) in [5.41, 5.74) is 2.57. The zero-order valence-corrected chi connectivity index (χ0v) is 20.0. The molecule has 0 aliphatic carbocycles. The second kappa shape index (κ2) is 8.28. The zero-order chi connectivity index (χ0) is 24.4. The number of pyridine rings is 1. The van der Waals surface area contributed by atoms with Crippen molar-refractivity contribution in [3.8, 4) is 11.3 Å². The molecule has 8 nitrogen and oxygen atoms in total. The molecule has 7 heterocycles. The first-order chi connectivity index (χ1) is 17.5. The van der Waals surface area contributed by atoms with E-state index in [0.717, 1.165) is 63.0 Å². The second-order valence-electron chi connectivity index (χ2n) is 10.1. The number of imidazole rings is 1. The first-order valence-corrected chi connectivity index (χ1v) is 12.4. The molecule has 184 valence electrons. The van der Waals surface area contributed by atoms with Crippen molar-refractivity contribution in [3.63, 3.8) is 0 Å². The Bertz CT molecular complexity index is 1470. The minimum atomic E-state index is -0.612. The monoisotopic (exact) mass is 488 g/mol. The van der Waals surface area contributed by atoms with Crippen LogP contribution in [0.2, 0.25) is 0 Å². The normalized spacial score (nSPS) is 22.1. The predicted molar refractivity (Wildman–Crippen MR) is 132 cm³/mol. The maximum atomic E-state index is 15.3. The molecule has 0 saturated carbocycles. The number of rotatable bonds is 0. The van der Waals surface area contributed by atoms with Gasteiger partial charge in [0.1, 0.15) is 22.9 Å². The molecule has 1 fully saturated rings. The van der Waals surface area contributed by atoms with Crippen LogP contribution in [0.15, 0.2) is 36.7 Å². The number of likely N-dealkylation sites (N-methyl/N-ethyl adjacent to an activating group) is 1. The molecule has 2 atom stereocenters. The number of hydrogen-bond acceptors (Lipinski definition) is 7. The van der Waals surface area contributed by atoms with E-state index in [1.54, 1.807) is 0 Å². The Hall–Kier alpha value is -3.50. The second-order valence-corrected chi connectivity index (χ2v) is 10.1. The van der Waals surface area contributed by atoms with Crippen molar-refractivity contribution >= 4 is 22.8 Å². The number of halogens is 2. The van der Waals surface area contributed by atoms with Gasteiger partial charge in [-0.3, -0.25) is 4.90 Å². The van der Waals surface area contributed by atoms with Crippen LogP contribution in [0.25, 0.3) is 22.3 Å². The summed E-state index contributed by atoms with van der Waals surface area (Å²) in [6.45, 7) is 3.77. The molecule has 8 rings (SSSR count). The lowest BCUT2D eigenvalue weighted by Gasteiger charge is -2.41. The third kappa shape index (κ3) is 3.63. The molecule has 3 aromatic heterocycles. The van der Waals surface area contributed by atoms with Crippen molar-refractivity contribution in [2.24, 2.45) is 0 Å². The molecule has 0 radical (unpaired) electrons. The molecule has 36 heavy (non-hydrogen) atoms. The Balaban J connectivity index is 1.40. The van der Waals surface area contributed by atoms with E-state index in [2.05, 4.69) is 52.7 Å². The van der Waals surface area contributed by atoms with Crippen LogP contribution in [-0.4, -0.2) is 67.0 Å². The van der Waals surface area contributed by atoms with Gasteiger partial charge in [0.15, 0.2) is 11.6 Å². The highest BCUT2D eigenvalue weighted by Crippen LogP contribution is 2.38. The van der Waals surface area contributed by atoms with Gasteiger partial charge < -0.3 is 14.8 Å². The number of aryl methyl sites for hydroxylation is 1. The van der Waals surface area contributed by atoms with Crippen LogP contribution in [0.3, 0.4) is 0 Å². The molecule has 4 aliphatic heterocycles. The molecule has 0 amide bonds. The third-order valence-corrected chi connectivity index (χ3v) is 7.71. The van der Waals surface area contributed by atoms with Crippen molar-refractivity contribution in [1.29, 1.82) is 0 Å². The highest BCUT2D eigenvalue weighted by atomic mass is 19.1. The van der Waals surface area contributed by atoms with Crippen molar-refractivity contribution < 1.29 is 8.78 Å². The van der Waals surface area contributed by atoms with E-state index >= 15 is 4.39 Å². The lowest BCUT2D eigenvalue weighted by Crippen LogP contribution is -2.51. The third-order valence-electron chi connectivity index (χ3n) is 7.71. The number of fused-ring (bicyclic) bond motifs is 2. The summed E-state index contributed by atoms with van der Waals surface area (Å²) in [5.74, 6) is 0.578. The fourth-order valence-electron chi connectivity index (χ4n) is 5.93. The quantitative estimate of drug-likeness (QED) is 0.402. The van der Waals surface area contributed by atoms with Gasteiger partial charge in [-0.05, 0) is 43.7 Å². The maximum absolute atomic E-state index is 15.3. The number of nitrogens with one attached hydrogen (secondary N) is 1. The van der Waals surface area contributed by atoms with E-state index in [1.807, 2.05) is 18.3 Å². The van der Waals surface area contributed by atoms with E-state index < -0.39 is 11.6 Å². The zero-order valence-electron chi connectivity index (χ0n) is 20.0. The number of piperazine rings is 1. The minimum absolute atomic E-state index is 0.0411. The number of anilines is 2. The van der Waals surface area contributed by atoms with Crippen molar-refractivity contribution in [2.75, 3.05) is 32.0 Å². The van der Waals surface area contributed by atoms with Crippen LogP contribution in [0.4, 0.5) is 20.5 Å². The van der Waals surface area contributed by atoms with E-state index in [4.69, 9.17) is 0 Å². The Kier molecular flexibility index (Phi) is 5.00. The van der Waals surface area contributed by atoms with Gasteiger partial charge >= 0.3 is 0 Å². The molecule has 4 aromatic rings. The Labute approximate surface area is 207 Å². The molecule has 0 spiro atoms. The largest absolute Gasteiger partial charge is 0.325 e. The number of hydrogen-bond donors (Lipinski definition) is 1. The number of benzene rings is 1. The molecule has 1 aromatic carbocycles. The summed E-state index contributed by atoms with van der Waals surface area (Å²) in [6, 6.07) is 7.61. The van der Waals surface area contributed by atoms with Crippen molar-refractivity contribution in [1.82, 2.24) is 34.3 Å². The lowest BCUT2D eigenvalue weighted by atomic mass is 10.00. The predicted octanol–water partition coefficient (Wildman–Crippen LogP) is 3.92. The lowest BCUT2D eigenvalue weighted by molar-refractivity contribution is 0.0698. The summed E-state index contributed by atoms with van der Waals surface area (Å²) >= 11 is 0. The van der Waals surface area contributed by atoms with E-state index in [9.17, 15) is 4.39 Å². The van der Waals surface area contributed by atoms with Crippen molar-refractivity contribution in [3.05, 3.63) is 59.7 Å². The molecular weight excluding hydrogens is 462 g/mol. The smallest absolute Gasteiger partial charge is 0.229 e. The van der Waals surface area contributed by atoms with E-state index in [1.165, 1.54) is 6.07 Å². The highest BCUT2D eigenvalue weighted by molar-refractivity contribution is 5.83. The highest BCUT2D eigenvalue weighted by Gasteiger charge is 2.33. The van der Waals surface area contributed by atoms with Crippen LogP contribution < -0.4 is 5.32 Å². The minimum Gasteiger partial charge on any atom is -0.325 e. The maximum Gasteiger partial charge on any atom is 0.229 e. The SMILES string of the molecule is CN1CCN2Cc3ccc(nc3)Nc3ncc(F)c(n3)-c3cc(F)c4nc5n(c4c3)C(CC5)CC2C1. The summed E-state index contributed by atoms with van der Waals surface area (Å²) in [4.78, 5) is 22.5. The summed E-state index contributed by atoms with van der Waals surface area (Å²) in [6.07, 6.45) is 5.68. The number of aromatic nitrogens is 5. The van der Waals surface area contributed by atoms with Gasteiger partial charge in [-0.2, -0.15) is 0 Å². The first-order valence-electron chi connectivity index (χ1n) is 12.4. The first kappa shape index (κ1) is 21.8. The fourth-order valence-corrected chi connectivity index (χ4v) is 5.93. The van der Waals surface area contributed by atoms with Crippen LogP contribution in [0.1, 0.15) is 30.3 Å². The van der Waals surface area contributed by atoms with Gasteiger partial charge in [0.05, 0.1) is 11.7 Å². The molecular formula is C26H26F2N8. The average Bonchev–Trinajstić information content (AvgIpc) is 3.43. The molecule has 1 N–H and O–H groups in total. The Morgan fingerprint density at radius 3 is 2.78 bits per heavy atom. The Morgan fingerprint density at radius 1 is 1.00 bits per heavy atom.